The highest BCUT2D eigenvalue weighted by Crippen LogP contribution is 2.32. The number of hydrogen-bond donors (Lipinski definition) is 4. The van der Waals surface area contributed by atoms with Gasteiger partial charge in [-0.25, -0.2) is 0 Å². The minimum atomic E-state index is -0.898. The summed E-state index contributed by atoms with van der Waals surface area (Å²) in [7, 11) is 0. The monoisotopic (exact) mass is 526 g/mol. The third-order valence-electron chi connectivity index (χ3n) is 6.47. The van der Waals surface area contributed by atoms with Crippen LogP contribution in [-0.4, -0.2) is 58.5 Å². The van der Waals surface area contributed by atoms with Crippen molar-refractivity contribution in [1.82, 2.24) is 15.5 Å². The number of nitrogens with one attached hydrogen (secondary N) is 3. The van der Waals surface area contributed by atoms with Gasteiger partial charge >= 0.3 is 0 Å². The lowest BCUT2D eigenvalue weighted by Gasteiger charge is -2.31. The second-order valence-electron chi connectivity index (χ2n) is 11.0. The van der Waals surface area contributed by atoms with E-state index >= 15 is 0 Å². The molecule has 4 N–H and O–H groups in total. The van der Waals surface area contributed by atoms with Gasteiger partial charge in [0.1, 0.15) is 17.6 Å². The van der Waals surface area contributed by atoms with E-state index in [9.17, 15) is 14.7 Å². The summed E-state index contributed by atoms with van der Waals surface area (Å²) >= 11 is 0. The van der Waals surface area contributed by atoms with Crippen molar-refractivity contribution < 1.29 is 24.2 Å². The summed E-state index contributed by atoms with van der Waals surface area (Å²) in [5.74, 6) is 1.12. The molecule has 1 aliphatic heterocycles. The third-order valence-corrected chi connectivity index (χ3v) is 6.47. The number of aliphatic hydroxyl groups is 1. The zero-order valence-corrected chi connectivity index (χ0v) is 23.0. The van der Waals surface area contributed by atoms with Crippen LogP contribution in [0.2, 0.25) is 0 Å². The smallest absolute Gasteiger partial charge is 0.251 e. The van der Waals surface area contributed by atoms with Crippen LogP contribution in [0.1, 0.15) is 66.2 Å². The lowest BCUT2D eigenvalue weighted by Crippen LogP contribution is -2.50. The summed E-state index contributed by atoms with van der Waals surface area (Å²) in [5, 5.41) is 23.5. The Morgan fingerprint density at radius 2 is 1.89 bits per heavy atom. The Balaban J connectivity index is 1.69. The molecule has 0 radical (unpaired) electrons. The van der Waals surface area contributed by atoms with Crippen LogP contribution in [-0.2, 0) is 9.59 Å². The third kappa shape index (κ3) is 9.20. The topological polar surface area (TPSA) is 124 Å². The number of benzene rings is 1. The first-order valence-corrected chi connectivity index (χ1v) is 13.5. The van der Waals surface area contributed by atoms with E-state index in [0.717, 1.165) is 25.7 Å². The van der Waals surface area contributed by atoms with Crippen molar-refractivity contribution in [2.24, 2.45) is 5.92 Å². The van der Waals surface area contributed by atoms with E-state index in [0.29, 0.717) is 36.1 Å². The largest absolute Gasteiger partial charge is 0.487 e. The van der Waals surface area contributed by atoms with E-state index in [1.54, 1.807) is 19.9 Å². The van der Waals surface area contributed by atoms with Crippen LogP contribution in [0.15, 0.2) is 48.4 Å². The molecule has 0 spiro atoms. The van der Waals surface area contributed by atoms with Crippen LogP contribution >= 0.6 is 0 Å². The maximum Gasteiger partial charge on any atom is 0.251 e. The molecule has 1 atom stereocenters. The Morgan fingerprint density at radius 1 is 1.21 bits per heavy atom. The van der Waals surface area contributed by atoms with Gasteiger partial charge < -0.3 is 30.1 Å². The molecule has 1 aromatic rings. The fourth-order valence-electron chi connectivity index (χ4n) is 4.69. The first kappa shape index (κ1) is 29.2. The van der Waals surface area contributed by atoms with E-state index in [1.807, 2.05) is 32.0 Å². The second-order valence-corrected chi connectivity index (χ2v) is 11.0. The number of rotatable bonds is 12. The van der Waals surface area contributed by atoms with Gasteiger partial charge in [0.2, 0.25) is 5.91 Å². The number of amidine groups is 1. The van der Waals surface area contributed by atoms with Gasteiger partial charge in [-0.15, -0.1) is 0 Å². The van der Waals surface area contributed by atoms with E-state index in [-0.39, 0.29) is 30.3 Å². The minimum absolute atomic E-state index is 0.0336. The predicted molar refractivity (Wildman–Crippen MR) is 147 cm³/mol. The number of amides is 2. The minimum Gasteiger partial charge on any atom is -0.487 e. The molecule has 0 bridgehead atoms. The van der Waals surface area contributed by atoms with Crippen LogP contribution in [0.4, 0.5) is 0 Å². The van der Waals surface area contributed by atoms with E-state index in [1.165, 1.54) is 29.7 Å². The molecule has 0 unspecified atom stereocenters. The SMILES string of the molecule is CC(C)Oc1ccccc1OC1=CC(=O)N([C@@H](CC2CCCCC2)C(=O)NC(=N)/C=C\NCC(C)(C)O)C1. The van der Waals surface area contributed by atoms with Gasteiger partial charge in [-0.05, 0) is 58.2 Å². The predicted octanol–water partition coefficient (Wildman–Crippen LogP) is 3.89. The molecule has 1 aliphatic carbocycles. The fraction of sp³-hybridized carbons (Fsp3) is 0.552. The van der Waals surface area contributed by atoms with Gasteiger partial charge in [-0.2, -0.15) is 0 Å². The highest BCUT2D eigenvalue weighted by atomic mass is 16.5. The molecule has 208 valence electrons. The maximum atomic E-state index is 13.4. The molecule has 38 heavy (non-hydrogen) atoms. The molecule has 2 amide bonds. The van der Waals surface area contributed by atoms with Crippen LogP contribution in [0, 0.1) is 11.3 Å². The number of hydrogen-bond acceptors (Lipinski definition) is 7. The van der Waals surface area contributed by atoms with Crippen molar-refractivity contribution in [2.45, 2.75) is 84.0 Å². The van der Waals surface area contributed by atoms with E-state index in [4.69, 9.17) is 14.9 Å². The Bertz CT molecular complexity index is 1040. The summed E-state index contributed by atoms with van der Waals surface area (Å²) in [6, 6.07) is 6.59. The van der Waals surface area contributed by atoms with Gasteiger partial charge in [0.15, 0.2) is 11.5 Å². The number of nitrogens with zero attached hydrogens (tertiary/aromatic N) is 1. The molecule has 1 fully saturated rings. The molecule has 9 nitrogen and oxygen atoms in total. The molecule has 0 saturated heterocycles. The van der Waals surface area contributed by atoms with Crippen molar-refractivity contribution in [3.05, 3.63) is 48.4 Å². The summed E-state index contributed by atoms with van der Waals surface area (Å²) < 4.78 is 11.9. The average Bonchev–Trinajstić information content (AvgIpc) is 3.20. The normalized spacial score (nSPS) is 17.5. The van der Waals surface area contributed by atoms with Gasteiger partial charge in [0.05, 0.1) is 18.2 Å². The Morgan fingerprint density at radius 3 is 2.55 bits per heavy atom. The Labute approximate surface area is 225 Å². The highest BCUT2D eigenvalue weighted by molar-refractivity contribution is 6.05. The molecule has 1 aromatic carbocycles. The Kier molecular flexibility index (Phi) is 10.4. The molecule has 3 rings (SSSR count). The van der Waals surface area contributed by atoms with Crippen molar-refractivity contribution in [3.63, 3.8) is 0 Å². The van der Waals surface area contributed by atoms with E-state index in [2.05, 4.69) is 10.6 Å². The zero-order chi connectivity index (χ0) is 27.7. The van der Waals surface area contributed by atoms with Gasteiger partial charge in [-0.3, -0.25) is 15.0 Å². The molecule has 2 aliphatic rings. The fourth-order valence-corrected chi connectivity index (χ4v) is 4.69. The summed E-state index contributed by atoms with van der Waals surface area (Å²) in [5.41, 5.74) is -0.898. The van der Waals surface area contributed by atoms with Crippen molar-refractivity contribution >= 4 is 17.6 Å². The molecule has 0 aromatic heterocycles. The first-order valence-electron chi connectivity index (χ1n) is 13.5. The van der Waals surface area contributed by atoms with Crippen LogP contribution in [0.3, 0.4) is 0 Å². The lowest BCUT2D eigenvalue weighted by molar-refractivity contribution is -0.135. The number of ether oxygens (including phenoxy) is 2. The lowest BCUT2D eigenvalue weighted by atomic mass is 9.84. The summed E-state index contributed by atoms with van der Waals surface area (Å²) in [6.45, 7) is 7.67. The van der Waals surface area contributed by atoms with Crippen molar-refractivity contribution in [3.8, 4) is 11.5 Å². The molecular weight excluding hydrogens is 484 g/mol. The Hall–Kier alpha value is -3.33. The average molecular weight is 527 g/mol. The van der Waals surface area contributed by atoms with E-state index < -0.39 is 11.6 Å². The number of para-hydroxylation sites is 2. The van der Waals surface area contributed by atoms with Crippen molar-refractivity contribution in [2.75, 3.05) is 13.1 Å². The number of carbonyl (C=O) groups excluding carboxylic acids is 2. The molecule has 9 heteroatoms. The number of carbonyl (C=O) groups is 2. The van der Waals surface area contributed by atoms with Gasteiger partial charge in [0, 0.05) is 18.8 Å². The zero-order valence-electron chi connectivity index (χ0n) is 23.0. The summed E-state index contributed by atoms with van der Waals surface area (Å²) in [6.07, 6.45) is 10.4. The standard InChI is InChI=1S/C29H42N4O5/c1-20(2)37-24-12-8-9-13-25(24)38-22-17-27(34)33(18-22)23(16-21-10-6-5-7-11-21)28(35)32-26(30)14-15-31-19-29(3,4)36/h8-9,12-15,17,20-21,23,31,36H,5-7,10-11,16,18-19H2,1-4H3,(H2,30,32,35)/b15-14-/t23-/m0/s1. The van der Waals surface area contributed by atoms with Gasteiger partial charge in [0.25, 0.3) is 5.91 Å². The molecule has 1 heterocycles. The quantitative estimate of drug-likeness (QED) is 0.242. The summed E-state index contributed by atoms with van der Waals surface area (Å²) in [4.78, 5) is 28.0. The van der Waals surface area contributed by atoms with Crippen LogP contribution < -0.4 is 20.1 Å². The highest BCUT2D eigenvalue weighted by Gasteiger charge is 2.36. The molecule has 1 saturated carbocycles. The first-order chi connectivity index (χ1) is 18.0. The van der Waals surface area contributed by atoms with Crippen LogP contribution in [0.5, 0.6) is 11.5 Å². The van der Waals surface area contributed by atoms with Crippen molar-refractivity contribution in [1.29, 1.82) is 5.41 Å². The molecular formula is C29H42N4O5. The second kappa shape index (κ2) is 13.5. The van der Waals surface area contributed by atoms with Gasteiger partial charge in [-0.1, -0.05) is 44.2 Å². The maximum absolute atomic E-state index is 13.4. The van der Waals surface area contributed by atoms with Crippen LogP contribution in [0.25, 0.3) is 0 Å².